The van der Waals surface area contributed by atoms with Gasteiger partial charge < -0.3 is 9.47 Å². The van der Waals surface area contributed by atoms with Crippen molar-refractivity contribution in [2.75, 3.05) is 18.2 Å². The molecule has 138 valence electrons. The minimum Gasteiger partial charge on any atom is -0.482 e. The average molecular weight is 366 g/mol. The number of hydrogen-bond acceptors (Lipinski definition) is 5. The lowest BCUT2D eigenvalue weighted by atomic mass is 10.1. The molecule has 1 aliphatic rings. The van der Waals surface area contributed by atoms with Gasteiger partial charge in [0.2, 0.25) is 0 Å². The van der Waals surface area contributed by atoms with Crippen molar-refractivity contribution in [1.82, 2.24) is 5.43 Å². The van der Waals surface area contributed by atoms with E-state index in [1.807, 2.05) is 6.07 Å². The van der Waals surface area contributed by atoms with Crippen molar-refractivity contribution in [2.45, 2.75) is 6.92 Å². The summed E-state index contributed by atoms with van der Waals surface area (Å²) in [5.41, 5.74) is 3.73. The van der Waals surface area contributed by atoms with Crippen LogP contribution >= 0.6 is 0 Å². The standard InChI is InChI=1S/C20H18N2O5/c1-2-26-18(23)13-27-16-10-6-7-14(11-16)12-17-19(24)21-22(20(17)25)15-8-4-3-5-9-15/h3-12H,2,13H2,1H3,(H,21,24). The Hall–Kier alpha value is -3.61. The summed E-state index contributed by atoms with van der Waals surface area (Å²) in [7, 11) is 0. The van der Waals surface area contributed by atoms with Crippen LogP contribution in [-0.2, 0) is 19.1 Å². The first kappa shape index (κ1) is 18.2. The highest BCUT2D eigenvalue weighted by molar-refractivity contribution is 6.31. The van der Waals surface area contributed by atoms with E-state index in [-0.39, 0.29) is 18.8 Å². The minimum absolute atomic E-state index is 0.0152. The highest BCUT2D eigenvalue weighted by atomic mass is 16.6. The van der Waals surface area contributed by atoms with Gasteiger partial charge in [-0.15, -0.1) is 0 Å². The lowest BCUT2D eigenvalue weighted by Crippen LogP contribution is -2.35. The molecule has 1 aliphatic heterocycles. The van der Waals surface area contributed by atoms with E-state index in [1.54, 1.807) is 55.5 Å². The predicted octanol–water partition coefficient (Wildman–Crippen LogP) is 2.09. The number of carbonyl (C=O) groups is 3. The SMILES string of the molecule is CCOC(=O)COc1cccc(C=C2C(=O)NN(c3ccccc3)C2=O)c1. The molecule has 0 spiro atoms. The molecule has 1 fully saturated rings. The van der Waals surface area contributed by atoms with Crippen LogP contribution < -0.4 is 15.2 Å². The van der Waals surface area contributed by atoms with Gasteiger partial charge in [-0.3, -0.25) is 15.0 Å². The number of nitrogens with one attached hydrogen (secondary N) is 1. The fraction of sp³-hybridized carbons (Fsp3) is 0.150. The number of ether oxygens (including phenoxy) is 2. The van der Waals surface area contributed by atoms with Gasteiger partial charge in [-0.2, -0.15) is 0 Å². The van der Waals surface area contributed by atoms with Crippen LogP contribution in [0.5, 0.6) is 5.75 Å². The van der Waals surface area contributed by atoms with Crippen LogP contribution in [0.15, 0.2) is 60.2 Å². The number of esters is 1. The fourth-order valence-electron chi connectivity index (χ4n) is 2.52. The molecule has 1 N–H and O–H groups in total. The average Bonchev–Trinajstić information content (AvgIpc) is 2.96. The number of rotatable bonds is 6. The van der Waals surface area contributed by atoms with Gasteiger partial charge in [-0.1, -0.05) is 30.3 Å². The number of hydrogen-bond donors (Lipinski definition) is 1. The number of amides is 2. The second-order valence-corrected chi connectivity index (χ2v) is 5.64. The summed E-state index contributed by atoms with van der Waals surface area (Å²) in [6, 6.07) is 15.6. The quantitative estimate of drug-likeness (QED) is 0.481. The summed E-state index contributed by atoms with van der Waals surface area (Å²) in [6.07, 6.45) is 1.48. The first-order chi connectivity index (χ1) is 13.1. The summed E-state index contributed by atoms with van der Waals surface area (Å²) < 4.78 is 10.2. The van der Waals surface area contributed by atoms with E-state index in [0.29, 0.717) is 17.0 Å². The van der Waals surface area contributed by atoms with E-state index in [4.69, 9.17) is 9.47 Å². The van der Waals surface area contributed by atoms with E-state index in [1.165, 1.54) is 11.1 Å². The number of anilines is 1. The third kappa shape index (κ3) is 4.33. The highest BCUT2D eigenvalue weighted by Crippen LogP contribution is 2.22. The van der Waals surface area contributed by atoms with E-state index >= 15 is 0 Å². The molecule has 0 aliphatic carbocycles. The molecule has 2 amide bonds. The zero-order chi connectivity index (χ0) is 19.2. The Kier molecular flexibility index (Phi) is 5.51. The van der Waals surface area contributed by atoms with Crippen LogP contribution in [0.4, 0.5) is 5.69 Å². The molecule has 1 saturated heterocycles. The molecule has 3 rings (SSSR count). The molecule has 2 aromatic carbocycles. The molecule has 0 unspecified atom stereocenters. The largest absolute Gasteiger partial charge is 0.482 e. The molecular weight excluding hydrogens is 348 g/mol. The first-order valence-electron chi connectivity index (χ1n) is 8.39. The Morgan fingerprint density at radius 2 is 1.89 bits per heavy atom. The van der Waals surface area contributed by atoms with Gasteiger partial charge in [0.1, 0.15) is 11.3 Å². The minimum atomic E-state index is -0.485. The molecule has 0 radical (unpaired) electrons. The maximum absolute atomic E-state index is 12.6. The van der Waals surface area contributed by atoms with Crippen LogP contribution in [0.2, 0.25) is 0 Å². The van der Waals surface area contributed by atoms with Gasteiger partial charge in [-0.05, 0) is 42.8 Å². The van der Waals surface area contributed by atoms with Crippen LogP contribution in [0.3, 0.4) is 0 Å². The van der Waals surface area contributed by atoms with E-state index in [2.05, 4.69) is 5.43 Å². The third-order valence-corrected chi connectivity index (χ3v) is 3.74. The topological polar surface area (TPSA) is 84.9 Å². The summed E-state index contributed by atoms with van der Waals surface area (Å²) >= 11 is 0. The first-order valence-corrected chi connectivity index (χ1v) is 8.39. The summed E-state index contributed by atoms with van der Waals surface area (Å²) in [5, 5.41) is 1.20. The fourth-order valence-corrected chi connectivity index (χ4v) is 2.52. The summed E-state index contributed by atoms with van der Waals surface area (Å²) in [5.74, 6) is -0.959. The zero-order valence-corrected chi connectivity index (χ0v) is 14.7. The summed E-state index contributed by atoms with van der Waals surface area (Å²) in [6.45, 7) is 1.78. The van der Waals surface area contributed by atoms with Crippen LogP contribution in [0, 0.1) is 0 Å². The lowest BCUT2D eigenvalue weighted by Gasteiger charge is -2.13. The normalized spacial score (nSPS) is 15.0. The number of benzene rings is 2. The van der Waals surface area contributed by atoms with E-state index in [9.17, 15) is 14.4 Å². The predicted molar refractivity (Wildman–Crippen MR) is 98.6 cm³/mol. The number of hydrazine groups is 1. The van der Waals surface area contributed by atoms with E-state index < -0.39 is 17.8 Å². The molecule has 2 aromatic rings. The van der Waals surface area contributed by atoms with Crippen molar-refractivity contribution in [2.24, 2.45) is 0 Å². The molecule has 0 aromatic heterocycles. The molecule has 27 heavy (non-hydrogen) atoms. The van der Waals surface area contributed by atoms with Crippen molar-refractivity contribution in [3.8, 4) is 5.75 Å². The molecule has 1 heterocycles. The summed E-state index contributed by atoms with van der Waals surface area (Å²) in [4.78, 5) is 36.2. The number of nitrogens with zero attached hydrogens (tertiary/aromatic N) is 1. The van der Waals surface area contributed by atoms with Crippen molar-refractivity contribution >= 4 is 29.5 Å². The maximum atomic E-state index is 12.6. The Morgan fingerprint density at radius 1 is 1.11 bits per heavy atom. The smallest absolute Gasteiger partial charge is 0.344 e. The number of carbonyl (C=O) groups excluding carboxylic acids is 3. The van der Waals surface area contributed by atoms with Gasteiger partial charge in [0.05, 0.1) is 12.3 Å². The maximum Gasteiger partial charge on any atom is 0.344 e. The van der Waals surface area contributed by atoms with Gasteiger partial charge >= 0.3 is 5.97 Å². The van der Waals surface area contributed by atoms with Gasteiger partial charge in [-0.25, -0.2) is 9.80 Å². The van der Waals surface area contributed by atoms with Crippen molar-refractivity contribution < 1.29 is 23.9 Å². The Labute approximate surface area is 156 Å². The monoisotopic (exact) mass is 366 g/mol. The van der Waals surface area contributed by atoms with Crippen molar-refractivity contribution in [3.05, 3.63) is 65.7 Å². The Balaban J connectivity index is 1.76. The number of para-hydroxylation sites is 1. The molecular formula is C20H18N2O5. The second-order valence-electron chi connectivity index (χ2n) is 5.64. The molecule has 0 atom stereocenters. The second kappa shape index (κ2) is 8.18. The molecule has 0 saturated carbocycles. The highest BCUT2D eigenvalue weighted by Gasteiger charge is 2.34. The molecule has 7 heteroatoms. The Bertz CT molecular complexity index is 892. The zero-order valence-electron chi connectivity index (χ0n) is 14.7. The van der Waals surface area contributed by atoms with Gasteiger partial charge in [0, 0.05) is 0 Å². The van der Waals surface area contributed by atoms with Crippen molar-refractivity contribution in [1.29, 1.82) is 0 Å². The Morgan fingerprint density at radius 3 is 2.63 bits per heavy atom. The van der Waals surface area contributed by atoms with Crippen LogP contribution in [0.1, 0.15) is 12.5 Å². The van der Waals surface area contributed by atoms with Gasteiger partial charge in [0.25, 0.3) is 11.8 Å². The molecule has 0 bridgehead atoms. The van der Waals surface area contributed by atoms with E-state index in [0.717, 1.165) is 0 Å². The van der Waals surface area contributed by atoms with Crippen LogP contribution in [-0.4, -0.2) is 31.0 Å². The van der Waals surface area contributed by atoms with Crippen molar-refractivity contribution in [3.63, 3.8) is 0 Å². The van der Waals surface area contributed by atoms with Crippen LogP contribution in [0.25, 0.3) is 6.08 Å². The molecule has 7 nitrogen and oxygen atoms in total. The lowest BCUT2D eigenvalue weighted by molar-refractivity contribution is -0.145. The third-order valence-electron chi connectivity index (χ3n) is 3.74. The van der Waals surface area contributed by atoms with Gasteiger partial charge in [0.15, 0.2) is 6.61 Å².